The van der Waals surface area contributed by atoms with Gasteiger partial charge in [-0.05, 0) is 24.3 Å². The summed E-state index contributed by atoms with van der Waals surface area (Å²) in [5.41, 5.74) is 0.747. The lowest BCUT2D eigenvalue weighted by atomic mass is 10.1. The Hall–Kier alpha value is -3.90. The molecule has 6 nitrogen and oxygen atoms in total. The molecule has 0 aliphatic rings. The van der Waals surface area contributed by atoms with E-state index < -0.39 is 23.1 Å². The molecule has 0 saturated heterocycles. The van der Waals surface area contributed by atoms with E-state index in [-0.39, 0.29) is 0 Å². The van der Waals surface area contributed by atoms with Crippen molar-refractivity contribution in [2.24, 2.45) is 5.84 Å². The Labute approximate surface area is 162 Å². The van der Waals surface area contributed by atoms with Crippen LogP contribution in [0.5, 0.6) is 0 Å². The number of hydrogen-bond acceptors (Lipinski definition) is 4. The van der Waals surface area contributed by atoms with Crippen molar-refractivity contribution < 1.29 is 14.7 Å². The molecule has 140 valence electrons. The van der Waals surface area contributed by atoms with Gasteiger partial charge in [-0.1, -0.05) is 66.7 Å². The number of hydrazine groups is 1. The Balaban J connectivity index is 2.01. The number of carbonyl (C=O) groups is 2. The summed E-state index contributed by atoms with van der Waals surface area (Å²) in [7, 11) is 0. The summed E-state index contributed by atoms with van der Waals surface area (Å²) >= 11 is 0. The highest BCUT2D eigenvalue weighted by Crippen LogP contribution is 2.21. The van der Waals surface area contributed by atoms with Crippen LogP contribution in [0.25, 0.3) is 5.76 Å². The predicted molar refractivity (Wildman–Crippen MR) is 109 cm³/mol. The first-order valence-corrected chi connectivity index (χ1v) is 8.57. The van der Waals surface area contributed by atoms with Gasteiger partial charge >= 0.3 is 0 Å². The Morgan fingerprint density at radius 2 is 1.29 bits per heavy atom. The highest BCUT2D eigenvalue weighted by molar-refractivity contribution is 6.30. The third kappa shape index (κ3) is 4.25. The standard InChI is InChI=1S/C22H19N3O3/c23-25(18-14-8-3-9-15-18)22(28)19(20(26)16-10-4-1-5-11-16)21(27)24-17-12-6-2-7-13-17/h1-15,26H,23H2,(H,24,27)/b20-19-. The lowest BCUT2D eigenvalue weighted by molar-refractivity contribution is -0.119. The number of rotatable bonds is 5. The van der Waals surface area contributed by atoms with E-state index in [2.05, 4.69) is 5.32 Å². The number of benzene rings is 3. The summed E-state index contributed by atoms with van der Waals surface area (Å²) in [6.07, 6.45) is 0. The minimum Gasteiger partial charge on any atom is -0.506 e. The van der Waals surface area contributed by atoms with E-state index in [1.165, 1.54) is 0 Å². The van der Waals surface area contributed by atoms with Crippen LogP contribution in [0, 0.1) is 0 Å². The zero-order chi connectivity index (χ0) is 19.9. The summed E-state index contributed by atoms with van der Waals surface area (Å²) in [5.74, 6) is 3.90. The molecule has 6 heteroatoms. The minimum absolute atomic E-state index is 0.329. The van der Waals surface area contributed by atoms with Gasteiger partial charge in [-0.25, -0.2) is 10.9 Å². The van der Waals surface area contributed by atoms with Gasteiger partial charge in [0.1, 0.15) is 11.3 Å². The maximum absolute atomic E-state index is 13.0. The van der Waals surface area contributed by atoms with Crippen LogP contribution in [0.3, 0.4) is 0 Å². The average Bonchev–Trinajstić information content (AvgIpc) is 2.75. The number of nitrogens with two attached hydrogens (primary N) is 1. The van der Waals surface area contributed by atoms with Gasteiger partial charge in [0.2, 0.25) is 0 Å². The Kier molecular flexibility index (Phi) is 5.84. The number of nitrogens with one attached hydrogen (secondary N) is 1. The Morgan fingerprint density at radius 3 is 1.86 bits per heavy atom. The lowest BCUT2D eigenvalue weighted by Crippen LogP contribution is -2.41. The van der Waals surface area contributed by atoms with E-state index in [0.29, 0.717) is 16.9 Å². The van der Waals surface area contributed by atoms with Crippen LogP contribution >= 0.6 is 0 Å². The second-order valence-corrected chi connectivity index (χ2v) is 5.92. The van der Waals surface area contributed by atoms with Gasteiger partial charge in [0.05, 0.1) is 5.69 Å². The second kappa shape index (κ2) is 8.66. The molecular formula is C22H19N3O3. The Morgan fingerprint density at radius 1 is 0.786 bits per heavy atom. The summed E-state index contributed by atoms with van der Waals surface area (Å²) < 4.78 is 0. The van der Waals surface area contributed by atoms with Gasteiger partial charge in [-0.15, -0.1) is 0 Å². The monoisotopic (exact) mass is 373 g/mol. The average molecular weight is 373 g/mol. The molecule has 0 aliphatic carbocycles. The van der Waals surface area contributed by atoms with Crippen molar-refractivity contribution in [3.63, 3.8) is 0 Å². The van der Waals surface area contributed by atoms with Crippen LogP contribution in [0.1, 0.15) is 5.56 Å². The van der Waals surface area contributed by atoms with E-state index in [1.54, 1.807) is 91.0 Å². The fourth-order valence-electron chi connectivity index (χ4n) is 2.59. The molecule has 4 N–H and O–H groups in total. The zero-order valence-electron chi connectivity index (χ0n) is 14.9. The fourth-order valence-corrected chi connectivity index (χ4v) is 2.59. The van der Waals surface area contributed by atoms with Gasteiger partial charge in [0, 0.05) is 11.3 Å². The van der Waals surface area contributed by atoms with Crippen molar-refractivity contribution in [3.05, 3.63) is 102 Å². The van der Waals surface area contributed by atoms with E-state index >= 15 is 0 Å². The molecule has 3 aromatic rings. The number of para-hydroxylation sites is 2. The summed E-state index contributed by atoms with van der Waals surface area (Å²) in [4.78, 5) is 25.9. The molecule has 2 amide bonds. The fraction of sp³-hybridized carbons (Fsp3) is 0. The van der Waals surface area contributed by atoms with Gasteiger partial charge in [0.15, 0.2) is 0 Å². The molecule has 0 bridgehead atoms. The molecule has 3 rings (SSSR count). The molecule has 0 saturated carbocycles. The third-order valence-corrected chi connectivity index (χ3v) is 4.01. The smallest absolute Gasteiger partial charge is 0.281 e. The van der Waals surface area contributed by atoms with Crippen LogP contribution in [-0.2, 0) is 9.59 Å². The molecule has 0 aliphatic heterocycles. The predicted octanol–water partition coefficient (Wildman–Crippen LogP) is 3.50. The maximum atomic E-state index is 13.0. The molecule has 28 heavy (non-hydrogen) atoms. The lowest BCUT2D eigenvalue weighted by Gasteiger charge is -2.19. The van der Waals surface area contributed by atoms with Gasteiger partial charge in [-0.3, -0.25) is 9.59 Å². The van der Waals surface area contributed by atoms with Crippen molar-refractivity contribution in [1.82, 2.24) is 0 Å². The number of aliphatic hydroxyl groups excluding tert-OH is 1. The number of anilines is 2. The number of nitrogens with zero attached hydrogens (tertiary/aromatic N) is 1. The molecule has 0 fully saturated rings. The van der Waals surface area contributed by atoms with Crippen molar-refractivity contribution in [3.8, 4) is 0 Å². The molecule has 3 aromatic carbocycles. The molecule has 0 aromatic heterocycles. The highest BCUT2D eigenvalue weighted by atomic mass is 16.3. The number of aliphatic hydroxyl groups is 1. The van der Waals surface area contributed by atoms with Crippen LogP contribution in [0.2, 0.25) is 0 Å². The molecule has 0 unspecified atom stereocenters. The van der Waals surface area contributed by atoms with Gasteiger partial charge in [0.25, 0.3) is 11.8 Å². The summed E-state index contributed by atoms with van der Waals surface area (Å²) in [6.45, 7) is 0. The van der Waals surface area contributed by atoms with Crippen LogP contribution < -0.4 is 16.2 Å². The second-order valence-electron chi connectivity index (χ2n) is 5.92. The van der Waals surface area contributed by atoms with Crippen molar-refractivity contribution in [1.29, 1.82) is 0 Å². The van der Waals surface area contributed by atoms with Gasteiger partial charge in [-0.2, -0.15) is 0 Å². The largest absolute Gasteiger partial charge is 0.506 e. The van der Waals surface area contributed by atoms with Crippen molar-refractivity contribution >= 4 is 28.9 Å². The summed E-state index contributed by atoms with van der Waals surface area (Å²) in [5, 5.41) is 14.2. The number of amides is 2. The van der Waals surface area contributed by atoms with Crippen LogP contribution in [-0.4, -0.2) is 16.9 Å². The number of carbonyl (C=O) groups excluding carboxylic acids is 2. The topological polar surface area (TPSA) is 95.7 Å². The van der Waals surface area contributed by atoms with Crippen LogP contribution in [0.4, 0.5) is 11.4 Å². The first kappa shape index (κ1) is 18.9. The zero-order valence-corrected chi connectivity index (χ0v) is 14.9. The van der Waals surface area contributed by atoms with Crippen molar-refractivity contribution in [2.45, 2.75) is 0 Å². The van der Waals surface area contributed by atoms with E-state index in [0.717, 1.165) is 5.01 Å². The van der Waals surface area contributed by atoms with Crippen LogP contribution in [0.15, 0.2) is 96.6 Å². The Bertz CT molecular complexity index is 987. The third-order valence-electron chi connectivity index (χ3n) is 4.01. The molecular weight excluding hydrogens is 354 g/mol. The van der Waals surface area contributed by atoms with E-state index in [4.69, 9.17) is 5.84 Å². The normalized spacial score (nSPS) is 11.3. The quantitative estimate of drug-likeness (QED) is 0.121. The van der Waals surface area contributed by atoms with E-state index in [9.17, 15) is 14.7 Å². The van der Waals surface area contributed by atoms with Crippen molar-refractivity contribution in [2.75, 3.05) is 10.3 Å². The molecule has 0 atom stereocenters. The van der Waals surface area contributed by atoms with Gasteiger partial charge < -0.3 is 10.4 Å². The first-order valence-electron chi connectivity index (χ1n) is 8.57. The van der Waals surface area contributed by atoms with E-state index in [1.807, 2.05) is 0 Å². The summed E-state index contributed by atoms with van der Waals surface area (Å²) in [6, 6.07) is 25.5. The highest BCUT2D eigenvalue weighted by Gasteiger charge is 2.28. The SMILES string of the molecule is NN(C(=O)/C(C(=O)Nc1ccccc1)=C(\O)c1ccccc1)c1ccccc1. The minimum atomic E-state index is -0.832. The molecule has 0 heterocycles. The first-order chi connectivity index (χ1) is 13.6. The number of hydrogen-bond donors (Lipinski definition) is 3. The molecule has 0 radical (unpaired) electrons. The maximum Gasteiger partial charge on any atom is 0.281 e. The molecule has 0 spiro atoms.